The van der Waals surface area contributed by atoms with Crippen LogP contribution in [0.15, 0.2) is 18.2 Å². The lowest BCUT2D eigenvalue weighted by atomic mass is 10.2. The van der Waals surface area contributed by atoms with Gasteiger partial charge in [0.1, 0.15) is 5.82 Å². The number of hydrogen-bond donors (Lipinski definition) is 2. The number of carbonyl (C=O) groups is 1. The van der Waals surface area contributed by atoms with Gasteiger partial charge in [-0.25, -0.2) is 4.98 Å². The van der Waals surface area contributed by atoms with Crippen LogP contribution in [0.4, 0.5) is 5.69 Å². The van der Waals surface area contributed by atoms with Gasteiger partial charge in [0.2, 0.25) is 5.91 Å². The molecule has 1 heterocycles. The standard InChI is InChI=1S/C14H18N4O.ClH/c1-8(15)14(19)16-10-5-6-12-11(7-10)17-13(18(12)2)9-3-4-9;/h5-9H,3-4,15H2,1-2H3,(H,16,19);1H/t8-;/m1./s1. The number of hydrogen-bond acceptors (Lipinski definition) is 3. The minimum absolute atomic E-state index is 0. The molecule has 0 aliphatic heterocycles. The predicted octanol–water partition coefficient (Wildman–Crippen LogP) is 2.16. The van der Waals surface area contributed by atoms with E-state index in [1.165, 1.54) is 12.8 Å². The molecule has 0 unspecified atom stereocenters. The second-order valence-corrected chi connectivity index (χ2v) is 5.28. The van der Waals surface area contributed by atoms with Gasteiger partial charge in [-0.05, 0) is 38.0 Å². The molecule has 0 saturated heterocycles. The van der Waals surface area contributed by atoms with Gasteiger partial charge in [0, 0.05) is 18.7 Å². The van der Waals surface area contributed by atoms with Crippen molar-refractivity contribution >= 4 is 35.0 Å². The molecule has 2 aromatic rings. The molecule has 20 heavy (non-hydrogen) atoms. The maximum atomic E-state index is 11.6. The number of nitrogens with one attached hydrogen (secondary N) is 1. The Morgan fingerprint density at radius 2 is 2.20 bits per heavy atom. The molecule has 1 aromatic carbocycles. The lowest BCUT2D eigenvalue weighted by Crippen LogP contribution is -2.32. The first kappa shape index (κ1) is 14.8. The van der Waals surface area contributed by atoms with E-state index in [2.05, 4.69) is 14.9 Å². The van der Waals surface area contributed by atoms with Gasteiger partial charge in [0.05, 0.1) is 17.1 Å². The number of carbonyl (C=O) groups excluding carboxylic acids is 1. The van der Waals surface area contributed by atoms with E-state index in [0.717, 1.165) is 22.5 Å². The highest BCUT2D eigenvalue weighted by Crippen LogP contribution is 2.40. The number of fused-ring (bicyclic) bond motifs is 1. The fourth-order valence-electron chi connectivity index (χ4n) is 2.26. The third-order valence-corrected chi connectivity index (χ3v) is 3.54. The van der Waals surface area contributed by atoms with Crippen molar-refractivity contribution in [1.82, 2.24) is 9.55 Å². The van der Waals surface area contributed by atoms with Crippen LogP contribution in [0.5, 0.6) is 0 Å². The maximum Gasteiger partial charge on any atom is 0.240 e. The van der Waals surface area contributed by atoms with E-state index < -0.39 is 6.04 Å². The molecule has 3 N–H and O–H groups in total. The summed E-state index contributed by atoms with van der Waals surface area (Å²) in [7, 11) is 2.04. The summed E-state index contributed by atoms with van der Waals surface area (Å²) in [6, 6.07) is 5.27. The van der Waals surface area contributed by atoms with Gasteiger partial charge in [-0.15, -0.1) is 12.4 Å². The predicted molar refractivity (Wildman–Crippen MR) is 82.2 cm³/mol. The summed E-state index contributed by atoms with van der Waals surface area (Å²) in [6.45, 7) is 1.67. The molecule has 3 rings (SSSR count). The molecule has 0 spiro atoms. The molecule has 6 heteroatoms. The van der Waals surface area contributed by atoms with E-state index in [1.54, 1.807) is 6.92 Å². The normalized spacial score (nSPS) is 15.8. The van der Waals surface area contributed by atoms with Crippen LogP contribution in [0, 0.1) is 0 Å². The summed E-state index contributed by atoms with van der Waals surface area (Å²) in [4.78, 5) is 16.2. The van der Waals surface area contributed by atoms with Crippen LogP contribution in [-0.2, 0) is 11.8 Å². The molecule has 1 amide bonds. The van der Waals surface area contributed by atoms with Crippen molar-refractivity contribution in [2.75, 3.05) is 5.32 Å². The number of rotatable bonds is 3. The number of imidazole rings is 1. The van der Waals surface area contributed by atoms with Gasteiger partial charge in [0.15, 0.2) is 0 Å². The Bertz CT molecular complexity index is 646. The fourth-order valence-corrected chi connectivity index (χ4v) is 2.26. The van der Waals surface area contributed by atoms with Gasteiger partial charge < -0.3 is 15.6 Å². The number of aromatic nitrogens is 2. The van der Waals surface area contributed by atoms with E-state index in [-0.39, 0.29) is 18.3 Å². The van der Waals surface area contributed by atoms with Gasteiger partial charge in [0.25, 0.3) is 0 Å². The average Bonchev–Trinajstić information content (AvgIpc) is 3.15. The van der Waals surface area contributed by atoms with Crippen LogP contribution in [0.25, 0.3) is 11.0 Å². The topological polar surface area (TPSA) is 72.9 Å². The van der Waals surface area contributed by atoms with Crippen LogP contribution in [0.2, 0.25) is 0 Å². The summed E-state index contributed by atoms with van der Waals surface area (Å²) in [5.74, 6) is 1.57. The molecule has 108 valence electrons. The second kappa shape index (κ2) is 5.42. The minimum atomic E-state index is -0.513. The Labute approximate surface area is 124 Å². The molecule has 1 saturated carbocycles. The fraction of sp³-hybridized carbons (Fsp3) is 0.429. The first-order chi connectivity index (χ1) is 9.06. The smallest absolute Gasteiger partial charge is 0.240 e. The van der Waals surface area contributed by atoms with E-state index in [4.69, 9.17) is 5.73 Å². The average molecular weight is 295 g/mol. The van der Waals surface area contributed by atoms with Crippen molar-refractivity contribution in [2.45, 2.75) is 31.7 Å². The highest BCUT2D eigenvalue weighted by Gasteiger charge is 2.28. The third kappa shape index (κ3) is 2.64. The Morgan fingerprint density at radius 1 is 1.50 bits per heavy atom. The Morgan fingerprint density at radius 3 is 2.80 bits per heavy atom. The number of aryl methyl sites for hydroxylation is 1. The summed E-state index contributed by atoms with van der Waals surface area (Å²) in [6.07, 6.45) is 2.46. The molecule has 1 atom stereocenters. The van der Waals surface area contributed by atoms with E-state index in [0.29, 0.717) is 5.92 Å². The molecule has 1 fully saturated rings. The molecular weight excluding hydrogens is 276 g/mol. The number of nitrogens with zero attached hydrogens (tertiary/aromatic N) is 2. The van der Waals surface area contributed by atoms with Crippen LogP contribution in [0.1, 0.15) is 31.5 Å². The van der Waals surface area contributed by atoms with Crippen LogP contribution in [-0.4, -0.2) is 21.5 Å². The van der Waals surface area contributed by atoms with Crippen molar-refractivity contribution in [3.05, 3.63) is 24.0 Å². The lowest BCUT2D eigenvalue weighted by molar-refractivity contribution is -0.117. The molecular formula is C14H19ClN4O. The van der Waals surface area contributed by atoms with E-state index >= 15 is 0 Å². The van der Waals surface area contributed by atoms with Crippen LogP contribution >= 0.6 is 12.4 Å². The molecule has 0 radical (unpaired) electrons. The first-order valence-corrected chi connectivity index (χ1v) is 6.59. The third-order valence-electron chi connectivity index (χ3n) is 3.54. The SMILES string of the molecule is C[C@@H](N)C(=O)Nc1ccc2c(c1)nc(C1CC1)n2C.Cl. The zero-order chi connectivity index (χ0) is 13.6. The minimum Gasteiger partial charge on any atom is -0.331 e. The van der Waals surface area contributed by atoms with Crippen molar-refractivity contribution in [2.24, 2.45) is 12.8 Å². The van der Waals surface area contributed by atoms with Crippen LogP contribution < -0.4 is 11.1 Å². The molecule has 1 aliphatic rings. The van der Waals surface area contributed by atoms with Gasteiger partial charge in [-0.2, -0.15) is 0 Å². The maximum absolute atomic E-state index is 11.6. The second-order valence-electron chi connectivity index (χ2n) is 5.28. The monoisotopic (exact) mass is 294 g/mol. The summed E-state index contributed by atoms with van der Waals surface area (Å²) >= 11 is 0. The number of benzene rings is 1. The van der Waals surface area contributed by atoms with Crippen molar-refractivity contribution in [3.8, 4) is 0 Å². The molecule has 0 bridgehead atoms. The van der Waals surface area contributed by atoms with Gasteiger partial charge >= 0.3 is 0 Å². The number of anilines is 1. The van der Waals surface area contributed by atoms with Crippen LogP contribution in [0.3, 0.4) is 0 Å². The highest BCUT2D eigenvalue weighted by molar-refractivity contribution is 5.96. The Kier molecular flexibility index (Phi) is 4.01. The van der Waals surface area contributed by atoms with Crippen molar-refractivity contribution in [1.29, 1.82) is 0 Å². The van der Waals surface area contributed by atoms with Gasteiger partial charge in [-0.3, -0.25) is 4.79 Å². The number of nitrogens with two attached hydrogens (primary N) is 1. The molecule has 5 nitrogen and oxygen atoms in total. The lowest BCUT2D eigenvalue weighted by Gasteiger charge is -2.07. The summed E-state index contributed by atoms with van der Waals surface area (Å²) in [5.41, 5.74) is 8.31. The van der Waals surface area contributed by atoms with Crippen molar-refractivity contribution in [3.63, 3.8) is 0 Å². The first-order valence-electron chi connectivity index (χ1n) is 6.59. The molecule has 1 aliphatic carbocycles. The number of amides is 1. The Hall–Kier alpha value is -1.59. The molecule has 1 aromatic heterocycles. The zero-order valence-corrected chi connectivity index (χ0v) is 12.4. The Balaban J connectivity index is 0.00000147. The van der Waals surface area contributed by atoms with E-state index in [9.17, 15) is 4.79 Å². The highest BCUT2D eigenvalue weighted by atomic mass is 35.5. The quantitative estimate of drug-likeness (QED) is 0.911. The van der Waals surface area contributed by atoms with E-state index in [1.807, 2.05) is 25.2 Å². The zero-order valence-electron chi connectivity index (χ0n) is 11.6. The summed E-state index contributed by atoms with van der Waals surface area (Å²) < 4.78 is 2.14. The largest absolute Gasteiger partial charge is 0.331 e. The van der Waals surface area contributed by atoms with Gasteiger partial charge in [-0.1, -0.05) is 0 Å². The summed E-state index contributed by atoms with van der Waals surface area (Å²) in [5, 5.41) is 2.79. The number of halogens is 1. The van der Waals surface area contributed by atoms with Crippen molar-refractivity contribution < 1.29 is 4.79 Å².